The average Bonchev–Trinajstić information content (AvgIpc) is 3.03. The van der Waals surface area contributed by atoms with Gasteiger partial charge in [-0.3, -0.25) is 14.5 Å². The fourth-order valence-corrected chi connectivity index (χ4v) is 6.39. The molecule has 2 aliphatic heterocycles. The second kappa shape index (κ2) is 9.99. The van der Waals surface area contributed by atoms with Crippen molar-refractivity contribution in [2.24, 2.45) is 0 Å². The molecule has 1 fully saturated rings. The number of rotatable bonds is 7. The molecule has 2 amide bonds. The van der Waals surface area contributed by atoms with Crippen molar-refractivity contribution >= 4 is 56.6 Å². The topological polar surface area (TPSA) is 84.0 Å². The van der Waals surface area contributed by atoms with Crippen molar-refractivity contribution in [2.45, 2.75) is 53.9 Å². The van der Waals surface area contributed by atoms with Crippen LogP contribution in [-0.2, 0) is 24.3 Å². The number of halogens is 3. The molecule has 1 aromatic carbocycles. The molecule has 32 heavy (non-hydrogen) atoms. The minimum atomic E-state index is -4.05. The summed E-state index contributed by atoms with van der Waals surface area (Å²) in [6.07, 6.45) is 2.08. The van der Waals surface area contributed by atoms with Crippen molar-refractivity contribution in [3.05, 3.63) is 41.5 Å². The Kier molecular flexibility index (Phi) is 7.95. The summed E-state index contributed by atoms with van der Waals surface area (Å²) in [4.78, 5) is 25.4. The first-order valence-electron chi connectivity index (χ1n) is 10.2. The van der Waals surface area contributed by atoms with Crippen LogP contribution in [-0.4, -0.2) is 65.1 Å². The summed E-state index contributed by atoms with van der Waals surface area (Å²) in [7, 11) is -4.05. The number of amides is 2. The van der Waals surface area contributed by atoms with E-state index >= 15 is 0 Å². The predicted octanol–water partition coefficient (Wildman–Crippen LogP) is 3.61. The molecule has 1 aromatic rings. The van der Waals surface area contributed by atoms with Gasteiger partial charge in [-0.2, -0.15) is 4.31 Å². The summed E-state index contributed by atoms with van der Waals surface area (Å²) in [6.45, 7) is 4.08. The average molecular weight is 524 g/mol. The van der Waals surface area contributed by atoms with Gasteiger partial charge in [0.1, 0.15) is 0 Å². The van der Waals surface area contributed by atoms with Crippen LogP contribution in [0.2, 0.25) is 0 Å². The lowest BCUT2D eigenvalue weighted by atomic mass is 9.98. The lowest BCUT2D eigenvalue weighted by Crippen LogP contribution is -2.56. The zero-order valence-corrected chi connectivity index (χ0v) is 20.8. The van der Waals surface area contributed by atoms with Gasteiger partial charge in [0.2, 0.25) is 25.6 Å². The van der Waals surface area contributed by atoms with Crippen LogP contribution in [0, 0.1) is 6.92 Å². The lowest BCUT2D eigenvalue weighted by molar-refractivity contribution is -0.137. The van der Waals surface area contributed by atoms with Crippen LogP contribution in [0.25, 0.3) is 0 Å². The van der Waals surface area contributed by atoms with E-state index in [2.05, 4.69) is 0 Å². The number of benzene rings is 1. The summed E-state index contributed by atoms with van der Waals surface area (Å²) in [5.41, 5.74) is 1.55. The maximum absolute atomic E-state index is 13.6. The van der Waals surface area contributed by atoms with Crippen LogP contribution in [0.15, 0.2) is 40.8 Å². The molecule has 0 aromatic heterocycles. The van der Waals surface area contributed by atoms with Crippen LogP contribution in [0.1, 0.15) is 31.7 Å². The van der Waals surface area contributed by atoms with Crippen molar-refractivity contribution in [3.63, 3.8) is 0 Å². The van der Waals surface area contributed by atoms with Gasteiger partial charge in [-0.1, -0.05) is 64.1 Å². The van der Waals surface area contributed by atoms with Crippen LogP contribution in [0.4, 0.5) is 0 Å². The first-order chi connectivity index (χ1) is 14.9. The van der Waals surface area contributed by atoms with Crippen LogP contribution >= 0.6 is 34.8 Å². The summed E-state index contributed by atoms with van der Waals surface area (Å²) in [6, 6.07) is 4.59. The molecule has 0 radical (unpaired) electrons. The molecule has 176 valence electrons. The Hall–Kier alpha value is -1.16. The van der Waals surface area contributed by atoms with Crippen molar-refractivity contribution in [1.29, 1.82) is 0 Å². The largest absolute Gasteiger partial charge is 0.380 e. The van der Waals surface area contributed by atoms with E-state index in [-0.39, 0.29) is 49.1 Å². The monoisotopic (exact) mass is 522 g/mol. The minimum absolute atomic E-state index is 0.0320. The summed E-state index contributed by atoms with van der Waals surface area (Å²) in [5.74, 6) is -0.533. The number of carbonyl (C=O) groups is 2. The molecule has 1 saturated heterocycles. The molecule has 11 heteroatoms. The standard InChI is InChI=1S/C21H25Cl3N2O5S/c1-3-31-13-16-10-15(12-25-19(27)8-9-20(25)28)11-18(21(22,23)24)26(16)32(29,30)17-6-4-14(2)5-7-17/h4-7,10,16,18H,3,8-9,11-13H2,1-2H3. The molecule has 3 rings (SSSR count). The molecule has 2 unspecified atom stereocenters. The van der Waals surface area contributed by atoms with Gasteiger partial charge >= 0.3 is 0 Å². The Labute approximate surface area is 203 Å². The number of alkyl halides is 3. The lowest BCUT2D eigenvalue weighted by Gasteiger charge is -2.43. The Morgan fingerprint density at radius 3 is 2.22 bits per heavy atom. The number of nitrogens with zero attached hydrogens (tertiary/aromatic N) is 2. The van der Waals surface area contributed by atoms with E-state index in [4.69, 9.17) is 39.5 Å². The number of hydrogen-bond donors (Lipinski definition) is 0. The predicted molar refractivity (Wildman–Crippen MR) is 123 cm³/mol. The van der Waals surface area contributed by atoms with Gasteiger partial charge in [-0.05, 0) is 32.4 Å². The summed E-state index contributed by atoms with van der Waals surface area (Å²) >= 11 is 18.8. The van der Waals surface area contributed by atoms with Crippen molar-refractivity contribution in [1.82, 2.24) is 9.21 Å². The van der Waals surface area contributed by atoms with E-state index in [0.29, 0.717) is 12.2 Å². The van der Waals surface area contributed by atoms with E-state index < -0.39 is 25.9 Å². The molecule has 2 atom stereocenters. The van der Waals surface area contributed by atoms with Gasteiger partial charge in [-0.15, -0.1) is 0 Å². The van der Waals surface area contributed by atoms with Crippen molar-refractivity contribution in [2.75, 3.05) is 19.8 Å². The molecule has 0 aliphatic carbocycles. The third kappa shape index (κ3) is 5.48. The number of likely N-dealkylation sites (tertiary alicyclic amines) is 1. The Balaban J connectivity index is 2.04. The molecular formula is C21H25Cl3N2O5S. The zero-order chi connectivity index (χ0) is 23.7. The highest BCUT2D eigenvalue weighted by Crippen LogP contribution is 2.43. The van der Waals surface area contributed by atoms with Gasteiger partial charge in [0.25, 0.3) is 0 Å². The van der Waals surface area contributed by atoms with Crippen molar-refractivity contribution in [3.8, 4) is 0 Å². The number of aryl methyl sites for hydroxylation is 1. The smallest absolute Gasteiger partial charge is 0.244 e. The number of carbonyl (C=O) groups excluding carboxylic acids is 2. The molecular weight excluding hydrogens is 499 g/mol. The summed E-state index contributed by atoms with van der Waals surface area (Å²) in [5, 5.41) is 0. The van der Waals surface area contributed by atoms with Gasteiger partial charge in [0, 0.05) is 26.0 Å². The second-order valence-electron chi connectivity index (χ2n) is 7.83. The molecule has 2 heterocycles. The van der Waals surface area contributed by atoms with Gasteiger partial charge < -0.3 is 4.74 Å². The normalized spacial score (nSPS) is 23.0. The SMILES string of the molecule is CCOCC1C=C(CN2C(=O)CCC2=O)CC(C(Cl)(Cl)Cl)N1S(=O)(=O)c1ccc(C)cc1. The quantitative estimate of drug-likeness (QED) is 0.310. The van der Waals surface area contributed by atoms with E-state index in [1.54, 1.807) is 25.1 Å². The number of sulfonamides is 1. The molecule has 7 nitrogen and oxygen atoms in total. The number of hydrogen-bond acceptors (Lipinski definition) is 5. The maximum atomic E-state index is 13.6. The van der Waals surface area contributed by atoms with E-state index in [9.17, 15) is 18.0 Å². The fourth-order valence-electron chi connectivity index (χ4n) is 3.90. The zero-order valence-electron chi connectivity index (χ0n) is 17.8. The first kappa shape index (κ1) is 25.5. The van der Waals surface area contributed by atoms with Crippen LogP contribution in [0.5, 0.6) is 0 Å². The Morgan fingerprint density at radius 2 is 1.69 bits per heavy atom. The highest BCUT2D eigenvalue weighted by atomic mass is 35.6. The van der Waals surface area contributed by atoms with E-state index in [1.807, 2.05) is 6.92 Å². The molecule has 2 aliphatic rings. The first-order valence-corrected chi connectivity index (χ1v) is 12.8. The highest BCUT2D eigenvalue weighted by Gasteiger charge is 2.49. The third-order valence-electron chi connectivity index (χ3n) is 5.50. The molecule has 0 N–H and O–H groups in total. The molecule has 0 spiro atoms. The van der Waals surface area contributed by atoms with Crippen molar-refractivity contribution < 1.29 is 22.7 Å². The van der Waals surface area contributed by atoms with E-state index in [0.717, 1.165) is 5.56 Å². The number of ether oxygens (including phenoxy) is 1. The molecule has 0 bridgehead atoms. The highest BCUT2D eigenvalue weighted by molar-refractivity contribution is 7.89. The second-order valence-corrected chi connectivity index (χ2v) is 12.0. The van der Waals surface area contributed by atoms with E-state index in [1.165, 1.54) is 21.3 Å². The maximum Gasteiger partial charge on any atom is 0.244 e. The van der Waals surface area contributed by atoms with Gasteiger partial charge in [0.15, 0.2) is 0 Å². The van der Waals surface area contributed by atoms with Gasteiger partial charge in [-0.25, -0.2) is 8.42 Å². The summed E-state index contributed by atoms with van der Waals surface area (Å²) < 4.78 is 32.0. The minimum Gasteiger partial charge on any atom is -0.380 e. The number of imide groups is 1. The van der Waals surface area contributed by atoms with Gasteiger partial charge in [0.05, 0.1) is 23.6 Å². The molecule has 0 saturated carbocycles. The van der Waals surface area contributed by atoms with Crippen LogP contribution < -0.4 is 0 Å². The third-order valence-corrected chi connectivity index (χ3v) is 8.20. The van der Waals surface area contributed by atoms with Crippen LogP contribution in [0.3, 0.4) is 0 Å². The Morgan fingerprint density at radius 1 is 1.09 bits per heavy atom. The fraction of sp³-hybridized carbons (Fsp3) is 0.524. The Bertz CT molecular complexity index is 989.